The maximum Gasteiger partial charge on any atom is 0.119 e. The third-order valence-electron chi connectivity index (χ3n) is 8.58. The molecule has 8 nitrogen and oxygen atoms in total. The molecule has 0 saturated heterocycles. The normalized spacial score (nSPS) is 15.5. The van der Waals surface area contributed by atoms with E-state index in [9.17, 15) is 0 Å². The molecular formula is C42H42N2O6. The summed E-state index contributed by atoms with van der Waals surface area (Å²) in [5.41, 5.74) is 5.59. The third kappa shape index (κ3) is 8.88. The van der Waals surface area contributed by atoms with Crippen molar-refractivity contribution >= 4 is 21.8 Å². The molecule has 0 radical (unpaired) electrons. The summed E-state index contributed by atoms with van der Waals surface area (Å²) in [6, 6.07) is 36.5. The Labute approximate surface area is 292 Å². The second kappa shape index (κ2) is 17.0. The molecule has 0 aliphatic carbocycles. The summed E-state index contributed by atoms with van der Waals surface area (Å²) in [5, 5.41) is 2.10. The van der Waals surface area contributed by atoms with Crippen molar-refractivity contribution in [2.75, 3.05) is 52.9 Å². The molecule has 8 heteroatoms. The van der Waals surface area contributed by atoms with Gasteiger partial charge < -0.3 is 28.4 Å². The monoisotopic (exact) mass is 670 g/mol. The van der Waals surface area contributed by atoms with Crippen LogP contribution in [0.1, 0.15) is 25.7 Å². The molecular weight excluding hydrogens is 628 g/mol. The summed E-state index contributed by atoms with van der Waals surface area (Å²) < 4.78 is 35.0. The van der Waals surface area contributed by atoms with Gasteiger partial charge in [-0.25, -0.2) is 9.97 Å². The maximum absolute atomic E-state index is 6.04. The molecule has 6 heterocycles. The minimum absolute atomic E-state index is 0.451. The average Bonchev–Trinajstić information content (AvgIpc) is 3.17. The summed E-state index contributed by atoms with van der Waals surface area (Å²) >= 11 is 0. The van der Waals surface area contributed by atoms with Crippen molar-refractivity contribution in [3.8, 4) is 45.5 Å². The largest absolute Gasteiger partial charge is 0.494 e. The second-order valence-electron chi connectivity index (χ2n) is 12.2. The van der Waals surface area contributed by atoms with Crippen molar-refractivity contribution in [1.29, 1.82) is 0 Å². The summed E-state index contributed by atoms with van der Waals surface area (Å²) in [7, 11) is 0. The Morgan fingerprint density at radius 3 is 1.08 bits per heavy atom. The first-order chi connectivity index (χ1) is 24.8. The third-order valence-corrected chi connectivity index (χ3v) is 8.58. The minimum atomic E-state index is 0.451. The zero-order chi connectivity index (χ0) is 33.8. The standard InChI is InChI=1S/C42H42N2O6/c1-2-4-24-48-37-17-19-38(20-18-37)50-30-28-46-26-25-45-27-29-49-36-15-9-32(10-16-36)40-22-12-34-6-5-33-11-21-39(43-41(33)42(34)44-40)31-7-13-35(14-8-31)47-23-3-1/h5-22H,1-4,23-30H2. The van der Waals surface area contributed by atoms with Crippen LogP contribution >= 0.6 is 0 Å². The van der Waals surface area contributed by atoms with E-state index in [1.54, 1.807) is 0 Å². The fourth-order valence-corrected chi connectivity index (χ4v) is 5.86. The van der Waals surface area contributed by atoms with E-state index in [0.29, 0.717) is 52.9 Å². The highest BCUT2D eigenvalue weighted by Crippen LogP contribution is 2.30. The molecule has 10 rings (SSSR count). The Kier molecular flexibility index (Phi) is 11.3. The Morgan fingerprint density at radius 1 is 0.320 bits per heavy atom. The van der Waals surface area contributed by atoms with Crippen molar-refractivity contribution in [1.82, 2.24) is 9.97 Å². The van der Waals surface area contributed by atoms with E-state index in [0.717, 1.165) is 93.0 Å². The lowest BCUT2D eigenvalue weighted by Crippen LogP contribution is -2.13. The van der Waals surface area contributed by atoms with Crippen molar-refractivity contribution in [3.63, 3.8) is 0 Å². The van der Waals surface area contributed by atoms with E-state index in [-0.39, 0.29) is 0 Å². The Balaban J connectivity index is 1.03. The molecule has 10 bridgehead atoms. The molecule has 0 spiro atoms. The van der Waals surface area contributed by atoms with E-state index >= 15 is 0 Å². The molecule has 4 aliphatic heterocycles. The first-order valence-electron chi connectivity index (χ1n) is 17.5. The van der Waals surface area contributed by atoms with Gasteiger partial charge in [0, 0.05) is 21.9 Å². The summed E-state index contributed by atoms with van der Waals surface area (Å²) in [6.07, 6.45) is 4.18. The fourth-order valence-electron chi connectivity index (χ4n) is 5.86. The van der Waals surface area contributed by atoms with Gasteiger partial charge in [-0.3, -0.25) is 0 Å². The van der Waals surface area contributed by atoms with Gasteiger partial charge >= 0.3 is 0 Å². The lowest BCUT2D eigenvalue weighted by Gasteiger charge is -2.11. The number of benzene rings is 4. The van der Waals surface area contributed by atoms with E-state index < -0.39 is 0 Å². The number of ether oxygens (including phenoxy) is 6. The Hall–Kier alpha value is -5.18. The second-order valence-corrected chi connectivity index (χ2v) is 12.2. The lowest BCUT2D eigenvalue weighted by atomic mass is 10.1. The molecule has 0 fully saturated rings. The minimum Gasteiger partial charge on any atom is -0.494 e. The summed E-state index contributed by atoms with van der Waals surface area (Å²) in [6.45, 7) is 4.24. The predicted octanol–water partition coefficient (Wildman–Crippen LogP) is 8.94. The summed E-state index contributed by atoms with van der Waals surface area (Å²) in [5.74, 6) is 3.28. The van der Waals surface area contributed by atoms with Crippen LogP contribution in [-0.2, 0) is 9.47 Å². The van der Waals surface area contributed by atoms with Crippen LogP contribution < -0.4 is 18.9 Å². The SMILES string of the molecule is c1cc2ccc1OCCCCCCOc1ccc(cc1)-c1ccc3ccc4ccc(nc4c3n1)-c1ccc(cc1)OCCOCCOCCO2. The van der Waals surface area contributed by atoms with Crippen LogP contribution in [-0.4, -0.2) is 62.8 Å². The molecule has 4 aliphatic rings. The van der Waals surface area contributed by atoms with Gasteiger partial charge in [0.05, 0.1) is 62.1 Å². The molecule has 50 heavy (non-hydrogen) atoms. The predicted molar refractivity (Wildman–Crippen MR) is 196 cm³/mol. The zero-order valence-corrected chi connectivity index (χ0v) is 28.2. The molecule has 256 valence electrons. The molecule has 0 unspecified atom stereocenters. The molecule has 0 amide bonds. The highest BCUT2D eigenvalue weighted by Gasteiger charge is 2.10. The van der Waals surface area contributed by atoms with Crippen molar-refractivity contribution in [2.24, 2.45) is 0 Å². The molecule has 2 aromatic heterocycles. The number of pyridine rings is 2. The van der Waals surface area contributed by atoms with Crippen molar-refractivity contribution in [3.05, 3.63) is 109 Å². The maximum atomic E-state index is 6.04. The Bertz CT molecular complexity index is 1960. The first kappa shape index (κ1) is 33.3. The number of fused-ring (bicyclic) bond motifs is 2. The van der Waals surface area contributed by atoms with Gasteiger partial charge in [0.25, 0.3) is 0 Å². The van der Waals surface area contributed by atoms with E-state index in [2.05, 4.69) is 48.5 Å². The summed E-state index contributed by atoms with van der Waals surface area (Å²) in [4.78, 5) is 10.2. The number of aromatic nitrogens is 2. The molecule has 4 aromatic carbocycles. The number of hydrogen-bond donors (Lipinski definition) is 0. The number of hydrogen-bond acceptors (Lipinski definition) is 8. The van der Waals surface area contributed by atoms with Crippen LogP contribution in [0.4, 0.5) is 0 Å². The Morgan fingerprint density at radius 2 is 0.660 bits per heavy atom. The highest BCUT2D eigenvalue weighted by atomic mass is 16.6. The van der Waals surface area contributed by atoms with Gasteiger partial charge in [-0.2, -0.15) is 0 Å². The van der Waals surface area contributed by atoms with E-state index in [1.165, 1.54) is 0 Å². The smallest absolute Gasteiger partial charge is 0.119 e. The fraction of sp³-hybridized carbons (Fsp3) is 0.286. The number of nitrogens with zero attached hydrogens (tertiary/aromatic N) is 2. The average molecular weight is 671 g/mol. The van der Waals surface area contributed by atoms with Gasteiger partial charge in [-0.1, -0.05) is 24.3 Å². The lowest BCUT2D eigenvalue weighted by molar-refractivity contribution is 0.0273. The van der Waals surface area contributed by atoms with Crippen LogP contribution in [0.2, 0.25) is 0 Å². The van der Waals surface area contributed by atoms with Gasteiger partial charge in [0.2, 0.25) is 0 Å². The van der Waals surface area contributed by atoms with E-state index in [1.807, 2.05) is 60.7 Å². The van der Waals surface area contributed by atoms with Gasteiger partial charge in [-0.05, 0) is 111 Å². The molecule has 0 saturated carbocycles. The van der Waals surface area contributed by atoms with Crippen molar-refractivity contribution in [2.45, 2.75) is 25.7 Å². The first-order valence-corrected chi connectivity index (χ1v) is 17.5. The molecule has 6 aromatic rings. The van der Waals surface area contributed by atoms with Crippen LogP contribution in [0.5, 0.6) is 23.0 Å². The van der Waals surface area contributed by atoms with Gasteiger partial charge in [-0.15, -0.1) is 0 Å². The quantitative estimate of drug-likeness (QED) is 0.148. The topological polar surface area (TPSA) is 81.2 Å². The zero-order valence-electron chi connectivity index (χ0n) is 28.2. The van der Waals surface area contributed by atoms with Gasteiger partial charge in [0.15, 0.2) is 0 Å². The van der Waals surface area contributed by atoms with E-state index in [4.69, 9.17) is 38.4 Å². The highest BCUT2D eigenvalue weighted by molar-refractivity contribution is 6.04. The van der Waals surface area contributed by atoms with Crippen LogP contribution in [0, 0.1) is 0 Å². The van der Waals surface area contributed by atoms with Crippen LogP contribution in [0.15, 0.2) is 109 Å². The van der Waals surface area contributed by atoms with Crippen LogP contribution in [0.25, 0.3) is 44.3 Å². The molecule has 0 N–H and O–H groups in total. The number of rotatable bonds is 0. The molecule has 0 atom stereocenters. The van der Waals surface area contributed by atoms with Crippen molar-refractivity contribution < 1.29 is 28.4 Å². The van der Waals surface area contributed by atoms with Crippen LogP contribution in [0.3, 0.4) is 0 Å². The van der Waals surface area contributed by atoms with Gasteiger partial charge in [0.1, 0.15) is 36.2 Å².